The van der Waals surface area contributed by atoms with Gasteiger partial charge in [-0.05, 0) is 65.9 Å². The van der Waals surface area contributed by atoms with E-state index in [2.05, 4.69) is 19.2 Å². The first-order valence-electron chi connectivity index (χ1n) is 9.25. The molecule has 0 unspecified atom stereocenters. The molecule has 0 bridgehead atoms. The molecule has 0 radical (unpaired) electrons. The minimum Gasteiger partial charge on any atom is -0.508 e. The first kappa shape index (κ1) is 21.0. The molecule has 0 fully saturated rings. The summed E-state index contributed by atoms with van der Waals surface area (Å²) in [6.07, 6.45) is 4.98. The van der Waals surface area contributed by atoms with E-state index in [1.54, 1.807) is 24.3 Å². The van der Waals surface area contributed by atoms with Gasteiger partial charge in [0.1, 0.15) is 18.1 Å². The Morgan fingerprint density at radius 3 is 2.38 bits per heavy atom. The molecule has 1 N–H and O–H groups in total. The summed E-state index contributed by atoms with van der Waals surface area (Å²) in [5.41, 5.74) is 4.71. The molecule has 0 aliphatic carbocycles. The lowest BCUT2D eigenvalue weighted by molar-refractivity contribution is 0.307. The summed E-state index contributed by atoms with van der Waals surface area (Å²) >= 11 is 12.3. The molecular formula is C25H22Cl2O2. The highest BCUT2D eigenvalue weighted by Gasteiger charge is 2.12. The minimum absolute atomic E-state index is 0.256. The number of hydrogen-bond donors (Lipinski definition) is 1. The zero-order valence-corrected chi connectivity index (χ0v) is 17.5. The first-order chi connectivity index (χ1) is 14.0. The van der Waals surface area contributed by atoms with Gasteiger partial charge in [-0.15, -0.1) is 13.2 Å². The van der Waals surface area contributed by atoms with E-state index in [-0.39, 0.29) is 5.75 Å². The Kier molecular flexibility index (Phi) is 7.03. The quantitative estimate of drug-likeness (QED) is 0.381. The van der Waals surface area contributed by atoms with Crippen molar-refractivity contribution >= 4 is 23.2 Å². The van der Waals surface area contributed by atoms with Crippen molar-refractivity contribution in [1.82, 2.24) is 0 Å². The monoisotopic (exact) mass is 424 g/mol. The first-order valence-corrected chi connectivity index (χ1v) is 10.0. The van der Waals surface area contributed by atoms with Gasteiger partial charge in [0.05, 0.1) is 0 Å². The van der Waals surface area contributed by atoms with Crippen LogP contribution < -0.4 is 4.74 Å². The van der Waals surface area contributed by atoms with E-state index < -0.39 is 0 Å². The third-order valence-corrected chi connectivity index (χ3v) is 5.16. The number of ether oxygens (including phenoxy) is 1. The van der Waals surface area contributed by atoms with Gasteiger partial charge in [-0.1, -0.05) is 53.6 Å². The van der Waals surface area contributed by atoms with E-state index in [4.69, 9.17) is 27.9 Å². The van der Waals surface area contributed by atoms with E-state index in [0.29, 0.717) is 23.1 Å². The fourth-order valence-electron chi connectivity index (χ4n) is 3.09. The molecule has 0 saturated heterocycles. The summed E-state index contributed by atoms with van der Waals surface area (Å²) in [7, 11) is 0. The van der Waals surface area contributed by atoms with Gasteiger partial charge in [-0.2, -0.15) is 0 Å². The molecule has 3 aromatic rings. The summed E-state index contributed by atoms with van der Waals surface area (Å²) in [4.78, 5) is 0. The smallest absolute Gasteiger partial charge is 0.127 e. The molecule has 2 nitrogen and oxygen atoms in total. The Labute approximate surface area is 181 Å². The number of phenolic OH excluding ortho intramolecular Hbond substituents is 1. The summed E-state index contributed by atoms with van der Waals surface area (Å²) in [5, 5.41) is 11.3. The Morgan fingerprint density at radius 1 is 0.862 bits per heavy atom. The molecular weight excluding hydrogens is 403 g/mol. The molecule has 0 heterocycles. The normalized spacial score (nSPS) is 10.6. The van der Waals surface area contributed by atoms with Crippen molar-refractivity contribution in [3.05, 3.63) is 107 Å². The molecule has 0 aliphatic rings. The Morgan fingerprint density at radius 2 is 1.66 bits per heavy atom. The lowest BCUT2D eigenvalue weighted by Gasteiger charge is -2.15. The standard InChI is InChI=1S/C25H22Cl2O2/c1-3-5-17-7-12-25(29-16-20-8-10-21(26)15-23(20)27)22(13-17)18-9-11-24(28)19(14-18)6-4-2/h3-4,7-15,28H,1-2,5-6,16H2. The van der Waals surface area contributed by atoms with Crippen LogP contribution in [0.25, 0.3) is 11.1 Å². The molecule has 3 aromatic carbocycles. The van der Waals surface area contributed by atoms with E-state index in [1.165, 1.54) is 0 Å². The van der Waals surface area contributed by atoms with Gasteiger partial charge in [-0.3, -0.25) is 0 Å². The lowest BCUT2D eigenvalue weighted by Crippen LogP contribution is -1.99. The van der Waals surface area contributed by atoms with Gasteiger partial charge in [0.2, 0.25) is 0 Å². The largest absolute Gasteiger partial charge is 0.508 e. The molecule has 3 rings (SSSR count). The molecule has 0 amide bonds. The molecule has 0 atom stereocenters. The highest BCUT2D eigenvalue weighted by atomic mass is 35.5. The van der Waals surface area contributed by atoms with Gasteiger partial charge in [0.15, 0.2) is 0 Å². The van der Waals surface area contributed by atoms with Crippen molar-refractivity contribution in [3.63, 3.8) is 0 Å². The van der Waals surface area contributed by atoms with Crippen LogP contribution in [-0.2, 0) is 19.4 Å². The van der Waals surface area contributed by atoms with Gasteiger partial charge < -0.3 is 9.84 Å². The maximum Gasteiger partial charge on any atom is 0.127 e. The number of phenols is 1. The second kappa shape index (κ2) is 9.69. The fraction of sp³-hybridized carbons (Fsp3) is 0.120. The zero-order chi connectivity index (χ0) is 20.8. The average Bonchev–Trinajstić information content (AvgIpc) is 2.70. The molecule has 0 spiro atoms. The van der Waals surface area contributed by atoms with Crippen molar-refractivity contribution < 1.29 is 9.84 Å². The summed E-state index contributed by atoms with van der Waals surface area (Å²) in [6.45, 7) is 7.91. The van der Waals surface area contributed by atoms with Crippen LogP contribution in [0, 0.1) is 0 Å². The van der Waals surface area contributed by atoms with Gasteiger partial charge in [-0.25, -0.2) is 0 Å². The second-order valence-corrected chi connectivity index (χ2v) is 7.53. The number of rotatable bonds is 8. The Hall–Kier alpha value is -2.68. The van der Waals surface area contributed by atoms with Crippen LogP contribution in [0.5, 0.6) is 11.5 Å². The summed E-state index contributed by atoms with van der Waals surface area (Å²) < 4.78 is 6.13. The number of aromatic hydroxyl groups is 1. The topological polar surface area (TPSA) is 29.5 Å². The van der Waals surface area contributed by atoms with Crippen molar-refractivity contribution in [2.45, 2.75) is 19.4 Å². The van der Waals surface area contributed by atoms with Gasteiger partial charge in [0, 0.05) is 21.2 Å². The molecule has 4 heteroatoms. The van der Waals surface area contributed by atoms with Crippen molar-refractivity contribution in [2.24, 2.45) is 0 Å². The van der Waals surface area contributed by atoms with E-state index in [0.717, 1.165) is 40.0 Å². The van der Waals surface area contributed by atoms with Gasteiger partial charge >= 0.3 is 0 Å². The molecule has 0 saturated carbocycles. The number of halogens is 2. The van der Waals surface area contributed by atoms with E-state index in [9.17, 15) is 5.11 Å². The van der Waals surface area contributed by atoms with Gasteiger partial charge in [0.25, 0.3) is 0 Å². The van der Waals surface area contributed by atoms with Crippen molar-refractivity contribution in [2.75, 3.05) is 0 Å². The molecule has 148 valence electrons. The van der Waals surface area contributed by atoms with Crippen molar-refractivity contribution in [3.8, 4) is 22.6 Å². The van der Waals surface area contributed by atoms with Crippen LogP contribution in [0.15, 0.2) is 79.9 Å². The second-order valence-electron chi connectivity index (χ2n) is 6.68. The maximum atomic E-state index is 10.1. The molecule has 0 aliphatic heterocycles. The van der Waals surface area contributed by atoms with E-state index in [1.807, 2.05) is 36.4 Å². The maximum absolute atomic E-state index is 10.1. The van der Waals surface area contributed by atoms with Crippen LogP contribution in [0.1, 0.15) is 16.7 Å². The SMILES string of the molecule is C=CCc1ccc(OCc2ccc(Cl)cc2Cl)c(-c2ccc(O)c(CC=C)c2)c1. The van der Waals surface area contributed by atoms with Crippen LogP contribution in [0.2, 0.25) is 10.0 Å². The predicted octanol–water partition coefficient (Wildman–Crippen LogP) is 7.40. The van der Waals surface area contributed by atoms with Crippen LogP contribution >= 0.6 is 23.2 Å². The van der Waals surface area contributed by atoms with Crippen LogP contribution in [0.4, 0.5) is 0 Å². The van der Waals surface area contributed by atoms with E-state index >= 15 is 0 Å². The highest BCUT2D eigenvalue weighted by molar-refractivity contribution is 6.35. The summed E-state index contributed by atoms with van der Waals surface area (Å²) in [5.74, 6) is 0.991. The zero-order valence-electron chi connectivity index (χ0n) is 16.0. The van der Waals surface area contributed by atoms with Crippen LogP contribution in [-0.4, -0.2) is 5.11 Å². The minimum atomic E-state index is 0.256. The average molecular weight is 425 g/mol. The Balaban J connectivity index is 1.98. The van der Waals surface area contributed by atoms with Crippen LogP contribution in [0.3, 0.4) is 0 Å². The highest BCUT2D eigenvalue weighted by Crippen LogP contribution is 2.35. The predicted molar refractivity (Wildman–Crippen MR) is 122 cm³/mol. The van der Waals surface area contributed by atoms with Crippen molar-refractivity contribution in [1.29, 1.82) is 0 Å². The summed E-state index contributed by atoms with van der Waals surface area (Å²) in [6, 6.07) is 17.0. The number of benzene rings is 3. The third kappa shape index (κ3) is 5.23. The third-order valence-electron chi connectivity index (χ3n) is 4.58. The molecule has 29 heavy (non-hydrogen) atoms. The Bertz CT molecular complexity index is 1040. The number of hydrogen-bond acceptors (Lipinski definition) is 2. The fourth-order valence-corrected chi connectivity index (χ4v) is 3.55. The lowest BCUT2D eigenvalue weighted by atomic mass is 9.97. The number of allylic oxidation sites excluding steroid dienone is 2. The molecule has 0 aromatic heterocycles.